The minimum Gasteiger partial charge on any atom is -0.497 e. The maximum Gasteiger partial charge on any atom is 0.260 e. The monoisotopic (exact) mass is 402 g/mol. The highest BCUT2D eigenvalue weighted by Gasteiger charge is 2.22. The number of rotatable bonds is 7. The van der Waals surface area contributed by atoms with Crippen molar-refractivity contribution in [1.29, 1.82) is 0 Å². The fourth-order valence-electron chi connectivity index (χ4n) is 2.64. The SMILES string of the molecule is COc1ccc2nc(N(CC[NH+](C)C)C(=O)c3ccc(SC)cc3)sc2c1. The van der Waals surface area contributed by atoms with Gasteiger partial charge in [0.25, 0.3) is 5.91 Å². The number of methoxy groups -OCH3 is 1. The van der Waals surface area contributed by atoms with Crippen LogP contribution < -0.4 is 14.5 Å². The molecule has 0 saturated carbocycles. The molecule has 142 valence electrons. The summed E-state index contributed by atoms with van der Waals surface area (Å²) in [6.07, 6.45) is 2.03. The number of hydrogen-bond acceptors (Lipinski definition) is 5. The average molecular weight is 403 g/mol. The summed E-state index contributed by atoms with van der Waals surface area (Å²) < 4.78 is 6.31. The van der Waals surface area contributed by atoms with Crippen molar-refractivity contribution in [2.45, 2.75) is 4.90 Å². The number of aromatic nitrogens is 1. The minimum atomic E-state index is -0.0186. The first-order valence-electron chi connectivity index (χ1n) is 8.71. The number of nitrogens with one attached hydrogen (secondary N) is 1. The molecule has 27 heavy (non-hydrogen) atoms. The number of hydrogen-bond donors (Lipinski definition) is 1. The summed E-state index contributed by atoms with van der Waals surface area (Å²) in [7, 11) is 5.81. The molecule has 1 aromatic heterocycles. The first-order valence-corrected chi connectivity index (χ1v) is 10.8. The van der Waals surface area contributed by atoms with Crippen molar-refractivity contribution in [2.75, 3.05) is 45.5 Å². The van der Waals surface area contributed by atoms with Gasteiger partial charge in [-0.2, -0.15) is 0 Å². The predicted octanol–water partition coefficient (Wildman–Crippen LogP) is 2.82. The van der Waals surface area contributed by atoms with E-state index >= 15 is 0 Å². The molecule has 0 fully saturated rings. The number of thioether (sulfide) groups is 1. The molecule has 0 atom stereocenters. The van der Waals surface area contributed by atoms with E-state index in [1.807, 2.05) is 48.7 Å². The highest BCUT2D eigenvalue weighted by Crippen LogP contribution is 2.32. The van der Waals surface area contributed by atoms with Crippen molar-refractivity contribution < 1.29 is 14.4 Å². The van der Waals surface area contributed by atoms with E-state index in [1.54, 1.807) is 23.8 Å². The molecule has 3 aromatic rings. The molecule has 0 unspecified atom stereocenters. The van der Waals surface area contributed by atoms with Crippen LogP contribution in [0.3, 0.4) is 0 Å². The Morgan fingerprint density at radius 1 is 1.22 bits per heavy atom. The van der Waals surface area contributed by atoms with Gasteiger partial charge in [-0.05, 0) is 48.7 Å². The molecule has 0 bridgehead atoms. The van der Waals surface area contributed by atoms with Gasteiger partial charge in [-0.15, -0.1) is 11.8 Å². The number of amides is 1. The Balaban J connectivity index is 1.95. The van der Waals surface area contributed by atoms with Crippen molar-refractivity contribution in [1.82, 2.24) is 4.98 Å². The van der Waals surface area contributed by atoms with Crippen LogP contribution in [0.5, 0.6) is 5.75 Å². The molecular formula is C20H24N3O2S2+. The molecule has 2 aromatic carbocycles. The number of ether oxygens (including phenoxy) is 1. The standard InChI is InChI=1S/C20H23N3O2S2/c1-22(2)11-12-23(19(24)14-5-8-16(26-4)9-6-14)20-21-17-10-7-15(25-3)13-18(17)27-20/h5-10,13H,11-12H2,1-4H3/p+1. The third kappa shape index (κ3) is 4.61. The Bertz CT molecular complexity index is 923. The van der Waals surface area contributed by atoms with Crippen LogP contribution >= 0.6 is 23.1 Å². The molecule has 0 aliphatic carbocycles. The molecule has 3 rings (SSSR count). The highest BCUT2D eigenvalue weighted by molar-refractivity contribution is 7.98. The Labute approximate surface area is 168 Å². The zero-order chi connectivity index (χ0) is 19.4. The maximum absolute atomic E-state index is 13.2. The van der Waals surface area contributed by atoms with Crippen LogP contribution in [0, 0.1) is 0 Å². The molecule has 0 aliphatic heterocycles. The maximum atomic E-state index is 13.2. The first-order chi connectivity index (χ1) is 13.0. The van der Waals surface area contributed by atoms with Gasteiger partial charge in [0.05, 0.1) is 44.5 Å². The minimum absolute atomic E-state index is 0.0186. The van der Waals surface area contributed by atoms with Gasteiger partial charge in [-0.25, -0.2) is 4.98 Å². The van der Waals surface area contributed by atoms with Gasteiger partial charge in [-0.3, -0.25) is 9.69 Å². The van der Waals surface area contributed by atoms with Gasteiger partial charge in [0.15, 0.2) is 5.13 Å². The van der Waals surface area contributed by atoms with E-state index < -0.39 is 0 Å². The molecular weight excluding hydrogens is 378 g/mol. The Morgan fingerprint density at radius 3 is 2.59 bits per heavy atom. The lowest BCUT2D eigenvalue weighted by Crippen LogP contribution is -3.06. The third-order valence-electron chi connectivity index (χ3n) is 4.23. The summed E-state index contributed by atoms with van der Waals surface area (Å²) in [5, 5.41) is 0.721. The second-order valence-corrected chi connectivity index (χ2v) is 8.36. The van der Waals surface area contributed by atoms with Gasteiger partial charge in [-0.1, -0.05) is 11.3 Å². The molecule has 0 aliphatic rings. The van der Waals surface area contributed by atoms with Crippen LogP contribution in [0.15, 0.2) is 47.4 Å². The van der Waals surface area contributed by atoms with Crippen molar-refractivity contribution in [3.63, 3.8) is 0 Å². The van der Waals surface area contributed by atoms with Crippen molar-refractivity contribution in [3.05, 3.63) is 48.0 Å². The van der Waals surface area contributed by atoms with E-state index in [9.17, 15) is 4.79 Å². The van der Waals surface area contributed by atoms with Crippen molar-refractivity contribution >= 4 is 44.4 Å². The molecule has 0 saturated heterocycles. The molecule has 1 heterocycles. The summed E-state index contributed by atoms with van der Waals surface area (Å²) in [6.45, 7) is 1.45. The van der Waals surface area contributed by atoms with Crippen LogP contribution in [0.2, 0.25) is 0 Å². The summed E-state index contributed by atoms with van der Waals surface area (Å²) >= 11 is 3.18. The molecule has 0 radical (unpaired) electrons. The Hall–Kier alpha value is -2.09. The fraction of sp³-hybridized carbons (Fsp3) is 0.300. The second kappa shape index (κ2) is 8.73. The number of thiazole rings is 1. The Kier molecular flexibility index (Phi) is 6.36. The van der Waals surface area contributed by atoms with Crippen LogP contribution in [0.25, 0.3) is 10.2 Å². The van der Waals surface area contributed by atoms with Gasteiger partial charge in [0.1, 0.15) is 5.75 Å². The number of anilines is 1. The summed E-state index contributed by atoms with van der Waals surface area (Å²) in [6, 6.07) is 13.5. The van der Waals surface area contributed by atoms with Gasteiger partial charge < -0.3 is 9.64 Å². The van der Waals surface area contributed by atoms with E-state index in [2.05, 4.69) is 14.1 Å². The number of quaternary nitrogens is 1. The van der Waals surface area contributed by atoms with E-state index in [1.165, 1.54) is 16.2 Å². The van der Waals surface area contributed by atoms with Gasteiger partial charge in [0, 0.05) is 10.5 Å². The third-order valence-corrected chi connectivity index (χ3v) is 6.02. The van der Waals surface area contributed by atoms with Crippen LogP contribution in [0.1, 0.15) is 10.4 Å². The zero-order valence-corrected chi connectivity index (χ0v) is 17.6. The normalized spacial score (nSPS) is 11.1. The zero-order valence-electron chi connectivity index (χ0n) is 16.0. The van der Waals surface area contributed by atoms with Crippen molar-refractivity contribution in [3.8, 4) is 5.75 Å². The molecule has 1 amide bonds. The molecule has 7 heteroatoms. The molecule has 0 spiro atoms. The van der Waals surface area contributed by atoms with E-state index in [0.717, 1.165) is 32.5 Å². The first kappa shape index (κ1) is 19.7. The van der Waals surface area contributed by atoms with E-state index in [-0.39, 0.29) is 5.91 Å². The quantitative estimate of drug-likeness (QED) is 0.618. The Morgan fingerprint density at radius 2 is 1.96 bits per heavy atom. The second-order valence-electron chi connectivity index (χ2n) is 6.47. The lowest BCUT2D eigenvalue weighted by Gasteiger charge is -2.20. The lowest BCUT2D eigenvalue weighted by atomic mass is 10.2. The van der Waals surface area contributed by atoms with Gasteiger partial charge >= 0.3 is 0 Å². The van der Waals surface area contributed by atoms with E-state index in [0.29, 0.717) is 12.1 Å². The molecule has 1 N–H and O–H groups in total. The van der Waals surface area contributed by atoms with Crippen LogP contribution in [0.4, 0.5) is 5.13 Å². The largest absolute Gasteiger partial charge is 0.497 e. The number of nitrogens with zero attached hydrogens (tertiary/aromatic N) is 2. The number of carbonyl (C=O) groups is 1. The van der Waals surface area contributed by atoms with Gasteiger partial charge in [0.2, 0.25) is 0 Å². The van der Waals surface area contributed by atoms with Crippen molar-refractivity contribution in [2.24, 2.45) is 0 Å². The number of fused-ring (bicyclic) bond motifs is 1. The molecule has 5 nitrogen and oxygen atoms in total. The highest BCUT2D eigenvalue weighted by atomic mass is 32.2. The summed E-state index contributed by atoms with van der Waals surface area (Å²) in [5.74, 6) is 0.774. The van der Waals surface area contributed by atoms with Crippen LogP contribution in [-0.4, -0.2) is 51.4 Å². The topological polar surface area (TPSA) is 46.9 Å². The average Bonchev–Trinajstić information content (AvgIpc) is 3.10. The number of carbonyl (C=O) groups excluding carboxylic acids is 1. The smallest absolute Gasteiger partial charge is 0.260 e. The summed E-state index contributed by atoms with van der Waals surface area (Å²) in [4.78, 5) is 22.1. The predicted molar refractivity (Wildman–Crippen MR) is 114 cm³/mol. The fourth-order valence-corrected chi connectivity index (χ4v) is 4.07. The lowest BCUT2D eigenvalue weighted by molar-refractivity contribution is -0.856. The number of benzene rings is 2. The summed E-state index contributed by atoms with van der Waals surface area (Å²) in [5.41, 5.74) is 1.56. The number of likely N-dealkylation sites (N-methyl/N-ethyl adjacent to an activating group) is 1. The van der Waals surface area contributed by atoms with Crippen LogP contribution in [-0.2, 0) is 0 Å². The van der Waals surface area contributed by atoms with E-state index in [4.69, 9.17) is 9.72 Å².